The number of rotatable bonds is 7. The molecule has 2 N–H and O–H groups in total. The Balaban J connectivity index is 2.39. The average Bonchev–Trinajstić information content (AvgIpc) is 2.44. The summed E-state index contributed by atoms with van der Waals surface area (Å²) in [5, 5.41) is 0. The Hall–Kier alpha value is -0.610. The van der Waals surface area contributed by atoms with E-state index in [-0.39, 0.29) is 11.8 Å². The zero-order valence-electron chi connectivity index (χ0n) is 13.8. The van der Waals surface area contributed by atoms with E-state index in [1.54, 1.807) is 0 Å². The molecule has 1 amide bonds. The van der Waals surface area contributed by atoms with Gasteiger partial charge >= 0.3 is 0 Å². The second-order valence-corrected chi connectivity index (χ2v) is 6.52. The molecule has 118 valence electrons. The van der Waals surface area contributed by atoms with E-state index in [2.05, 4.69) is 32.7 Å². The molecule has 0 radical (unpaired) electrons. The second kappa shape index (κ2) is 8.63. The van der Waals surface area contributed by atoms with Crippen LogP contribution in [0.25, 0.3) is 0 Å². The van der Waals surface area contributed by atoms with Crippen molar-refractivity contribution in [2.75, 3.05) is 33.2 Å². The Kier molecular flexibility index (Phi) is 7.52. The summed E-state index contributed by atoms with van der Waals surface area (Å²) in [6.07, 6.45) is 4.22. The highest BCUT2D eigenvalue weighted by Crippen LogP contribution is 2.21. The fourth-order valence-electron chi connectivity index (χ4n) is 2.90. The molecule has 1 aliphatic heterocycles. The molecule has 1 heterocycles. The zero-order chi connectivity index (χ0) is 15.1. The fourth-order valence-corrected chi connectivity index (χ4v) is 2.90. The normalized spacial score (nSPS) is 18.9. The Morgan fingerprint density at radius 3 is 2.40 bits per heavy atom. The highest BCUT2D eigenvalue weighted by molar-refractivity contribution is 5.79. The smallest absolute Gasteiger partial charge is 0.226 e. The van der Waals surface area contributed by atoms with Crippen molar-refractivity contribution < 1.29 is 4.79 Å². The first-order valence-electron chi connectivity index (χ1n) is 8.18. The first kappa shape index (κ1) is 17.4. The minimum absolute atomic E-state index is 0.0369. The van der Waals surface area contributed by atoms with Crippen LogP contribution < -0.4 is 5.73 Å². The average molecular weight is 283 g/mol. The van der Waals surface area contributed by atoms with Crippen LogP contribution in [0.4, 0.5) is 0 Å². The summed E-state index contributed by atoms with van der Waals surface area (Å²) in [7, 11) is 2.19. The largest absolute Gasteiger partial charge is 0.342 e. The van der Waals surface area contributed by atoms with Crippen molar-refractivity contribution in [1.82, 2.24) is 9.80 Å². The van der Waals surface area contributed by atoms with Gasteiger partial charge in [-0.15, -0.1) is 0 Å². The first-order chi connectivity index (χ1) is 9.49. The third-order valence-corrected chi connectivity index (χ3v) is 4.62. The van der Waals surface area contributed by atoms with Gasteiger partial charge in [0.1, 0.15) is 0 Å². The molecule has 20 heavy (non-hydrogen) atoms. The van der Waals surface area contributed by atoms with Crippen molar-refractivity contribution in [3.8, 4) is 0 Å². The van der Waals surface area contributed by atoms with Gasteiger partial charge in [-0.2, -0.15) is 0 Å². The van der Waals surface area contributed by atoms with Crippen LogP contribution in [0, 0.1) is 11.8 Å². The standard InChI is InChI=1S/C16H33N3O/c1-5-6-15(11-17)16(20)19-9-7-14(8-10-19)12-18(4)13(2)3/h13-15H,5-12,17H2,1-4H3. The van der Waals surface area contributed by atoms with E-state index in [1.165, 1.54) is 0 Å². The molecule has 1 unspecified atom stereocenters. The molecular formula is C16H33N3O. The van der Waals surface area contributed by atoms with Crippen LogP contribution in [0.5, 0.6) is 0 Å². The number of nitrogens with zero attached hydrogens (tertiary/aromatic N) is 2. The maximum atomic E-state index is 12.4. The summed E-state index contributed by atoms with van der Waals surface area (Å²) in [4.78, 5) is 16.8. The van der Waals surface area contributed by atoms with Crippen LogP contribution in [0.2, 0.25) is 0 Å². The molecule has 1 fully saturated rings. The van der Waals surface area contributed by atoms with Gasteiger partial charge in [-0.1, -0.05) is 13.3 Å². The van der Waals surface area contributed by atoms with E-state index in [1.807, 2.05) is 4.90 Å². The molecule has 1 saturated heterocycles. The number of hydrogen-bond donors (Lipinski definition) is 1. The highest BCUT2D eigenvalue weighted by Gasteiger charge is 2.27. The quantitative estimate of drug-likeness (QED) is 0.777. The maximum absolute atomic E-state index is 12.4. The van der Waals surface area contributed by atoms with Gasteiger partial charge in [-0.3, -0.25) is 4.79 Å². The van der Waals surface area contributed by atoms with E-state index >= 15 is 0 Å². The summed E-state index contributed by atoms with van der Waals surface area (Å²) in [6.45, 7) is 10.0. The van der Waals surface area contributed by atoms with E-state index in [4.69, 9.17) is 5.73 Å². The minimum atomic E-state index is 0.0369. The van der Waals surface area contributed by atoms with Crippen molar-refractivity contribution in [3.63, 3.8) is 0 Å². The number of piperidine rings is 1. The van der Waals surface area contributed by atoms with Gasteiger partial charge in [0.15, 0.2) is 0 Å². The molecule has 4 heteroatoms. The summed E-state index contributed by atoms with van der Waals surface area (Å²) >= 11 is 0. The molecule has 0 aromatic carbocycles. The topological polar surface area (TPSA) is 49.6 Å². The lowest BCUT2D eigenvalue weighted by molar-refractivity contribution is -0.137. The van der Waals surface area contributed by atoms with E-state index in [0.717, 1.165) is 51.2 Å². The maximum Gasteiger partial charge on any atom is 0.226 e. The van der Waals surface area contributed by atoms with Crippen molar-refractivity contribution in [3.05, 3.63) is 0 Å². The van der Waals surface area contributed by atoms with Gasteiger partial charge in [0.2, 0.25) is 5.91 Å². The highest BCUT2D eigenvalue weighted by atomic mass is 16.2. The van der Waals surface area contributed by atoms with Gasteiger partial charge in [0, 0.05) is 32.2 Å². The lowest BCUT2D eigenvalue weighted by Gasteiger charge is -2.36. The van der Waals surface area contributed by atoms with Crippen LogP contribution in [-0.4, -0.2) is 55.0 Å². The van der Waals surface area contributed by atoms with Gasteiger partial charge in [0.05, 0.1) is 5.92 Å². The Morgan fingerprint density at radius 2 is 1.95 bits per heavy atom. The summed E-state index contributed by atoms with van der Waals surface area (Å²) in [5.41, 5.74) is 5.74. The Labute approximate surface area is 124 Å². The fraction of sp³-hybridized carbons (Fsp3) is 0.938. The lowest BCUT2D eigenvalue weighted by atomic mass is 9.94. The number of nitrogens with two attached hydrogens (primary N) is 1. The number of amides is 1. The molecule has 1 atom stereocenters. The number of carbonyl (C=O) groups excluding carboxylic acids is 1. The van der Waals surface area contributed by atoms with Gasteiger partial charge < -0.3 is 15.5 Å². The molecule has 0 aliphatic carbocycles. The molecule has 1 rings (SSSR count). The molecule has 4 nitrogen and oxygen atoms in total. The van der Waals surface area contributed by atoms with Crippen molar-refractivity contribution in [1.29, 1.82) is 0 Å². The molecular weight excluding hydrogens is 250 g/mol. The first-order valence-corrected chi connectivity index (χ1v) is 8.18. The van der Waals surface area contributed by atoms with Crippen molar-refractivity contribution in [2.24, 2.45) is 17.6 Å². The summed E-state index contributed by atoms with van der Waals surface area (Å²) in [5.74, 6) is 1.05. The van der Waals surface area contributed by atoms with Crippen LogP contribution in [0.1, 0.15) is 46.5 Å². The molecule has 0 aromatic heterocycles. The predicted octanol–water partition coefficient (Wildman–Crippen LogP) is 1.94. The monoisotopic (exact) mass is 283 g/mol. The van der Waals surface area contributed by atoms with Crippen LogP contribution >= 0.6 is 0 Å². The predicted molar refractivity (Wildman–Crippen MR) is 84.5 cm³/mol. The van der Waals surface area contributed by atoms with E-state index in [9.17, 15) is 4.79 Å². The number of carbonyl (C=O) groups is 1. The molecule has 0 bridgehead atoms. The minimum Gasteiger partial charge on any atom is -0.342 e. The van der Waals surface area contributed by atoms with E-state index in [0.29, 0.717) is 12.6 Å². The summed E-state index contributed by atoms with van der Waals surface area (Å²) in [6, 6.07) is 0.598. The van der Waals surface area contributed by atoms with Crippen molar-refractivity contribution >= 4 is 5.91 Å². The molecule has 0 spiro atoms. The molecule has 1 aliphatic rings. The van der Waals surface area contributed by atoms with E-state index < -0.39 is 0 Å². The Morgan fingerprint density at radius 1 is 1.35 bits per heavy atom. The third-order valence-electron chi connectivity index (χ3n) is 4.62. The second-order valence-electron chi connectivity index (χ2n) is 6.52. The van der Waals surface area contributed by atoms with Gasteiger partial charge in [0.25, 0.3) is 0 Å². The third kappa shape index (κ3) is 5.06. The van der Waals surface area contributed by atoms with Crippen LogP contribution in [0.3, 0.4) is 0 Å². The molecule has 0 aromatic rings. The lowest BCUT2D eigenvalue weighted by Crippen LogP contribution is -2.45. The number of likely N-dealkylation sites (tertiary alicyclic amines) is 1. The van der Waals surface area contributed by atoms with Crippen LogP contribution in [-0.2, 0) is 4.79 Å². The number of hydrogen-bond acceptors (Lipinski definition) is 3. The van der Waals surface area contributed by atoms with Gasteiger partial charge in [-0.25, -0.2) is 0 Å². The van der Waals surface area contributed by atoms with Crippen molar-refractivity contribution in [2.45, 2.75) is 52.5 Å². The van der Waals surface area contributed by atoms with Gasteiger partial charge in [-0.05, 0) is 46.1 Å². The molecule has 0 saturated carbocycles. The zero-order valence-corrected chi connectivity index (χ0v) is 13.8. The SMILES string of the molecule is CCCC(CN)C(=O)N1CCC(CN(C)C(C)C)CC1. The van der Waals surface area contributed by atoms with Crippen LogP contribution in [0.15, 0.2) is 0 Å². The Bertz CT molecular complexity index is 285. The summed E-state index contributed by atoms with van der Waals surface area (Å²) < 4.78 is 0.